The summed E-state index contributed by atoms with van der Waals surface area (Å²) >= 11 is 0. The molecule has 1 saturated heterocycles. The second kappa shape index (κ2) is 12.3. The molecule has 2 N–H and O–H groups in total. The Hall–Kier alpha value is -1.26. The number of nitrogens with zero attached hydrogens (tertiary/aromatic N) is 2. The fourth-order valence-corrected chi connectivity index (χ4v) is 3.27. The van der Waals surface area contributed by atoms with Crippen LogP contribution in [0.1, 0.15) is 25.3 Å². The molecule has 8 heteroatoms. The van der Waals surface area contributed by atoms with Crippen LogP contribution in [0.4, 0.5) is 0 Å². The molecule has 28 heavy (non-hydrogen) atoms. The average molecular weight is 506 g/mol. The van der Waals surface area contributed by atoms with Crippen LogP contribution in [0.5, 0.6) is 11.5 Å². The molecule has 1 aromatic rings. The summed E-state index contributed by atoms with van der Waals surface area (Å²) in [6.45, 7) is 5.90. The number of hydrogen-bond acceptors (Lipinski definition) is 5. The molecular formula is C20H35IN4O3. The van der Waals surface area contributed by atoms with E-state index >= 15 is 0 Å². The summed E-state index contributed by atoms with van der Waals surface area (Å²) in [7, 11) is 7.56. The van der Waals surface area contributed by atoms with Gasteiger partial charge in [-0.1, -0.05) is 6.07 Å². The quantitative estimate of drug-likeness (QED) is 0.321. The van der Waals surface area contributed by atoms with Gasteiger partial charge < -0.3 is 29.7 Å². The van der Waals surface area contributed by atoms with Gasteiger partial charge in [-0.2, -0.15) is 0 Å². The number of ether oxygens (including phenoxy) is 3. The Morgan fingerprint density at radius 3 is 2.39 bits per heavy atom. The van der Waals surface area contributed by atoms with Gasteiger partial charge >= 0.3 is 0 Å². The predicted molar refractivity (Wildman–Crippen MR) is 124 cm³/mol. The molecule has 1 fully saturated rings. The SMILES string of the molecule is CCNC(=NCc1ccc(OC)c(OC)c1)NCC1(N(C)C)CCOCC1.I. The van der Waals surface area contributed by atoms with E-state index in [-0.39, 0.29) is 29.5 Å². The van der Waals surface area contributed by atoms with Crippen LogP contribution in [0.2, 0.25) is 0 Å². The van der Waals surface area contributed by atoms with E-state index in [9.17, 15) is 0 Å². The van der Waals surface area contributed by atoms with Crippen molar-refractivity contribution in [3.05, 3.63) is 23.8 Å². The summed E-state index contributed by atoms with van der Waals surface area (Å²) in [5, 5.41) is 6.85. The highest BCUT2D eigenvalue weighted by atomic mass is 127. The van der Waals surface area contributed by atoms with Crippen molar-refractivity contribution >= 4 is 29.9 Å². The molecule has 7 nitrogen and oxygen atoms in total. The summed E-state index contributed by atoms with van der Waals surface area (Å²) in [5.41, 5.74) is 1.16. The standard InChI is InChI=1S/C20H34N4O3.HI/c1-6-21-19(23-15-20(24(2)3)9-11-27-12-10-20)22-14-16-7-8-17(25-4)18(13-16)26-5;/h7-8,13H,6,9-12,14-15H2,1-5H3,(H2,21,22,23);1H. The van der Waals surface area contributed by atoms with Crippen LogP contribution in [0.15, 0.2) is 23.2 Å². The van der Waals surface area contributed by atoms with Crippen molar-refractivity contribution in [2.45, 2.75) is 31.8 Å². The van der Waals surface area contributed by atoms with E-state index in [2.05, 4.69) is 36.6 Å². The zero-order chi connectivity index (χ0) is 19.7. The third-order valence-electron chi connectivity index (χ3n) is 5.17. The molecule has 1 heterocycles. The number of nitrogens with one attached hydrogen (secondary N) is 2. The lowest BCUT2D eigenvalue weighted by Gasteiger charge is -2.43. The van der Waals surface area contributed by atoms with Gasteiger partial charge in [-0.25, -0.2) is 4.99 Å². The Morgan fingerprint density at radius 1 is 1.14 bits per heavy atom. The first-order valence-electron chi connectivity index (χ1n) is 9.53. The monoisotopic (exact) mass is 506 g/mol. The van der Waals surface area contributed by atoms with Crippen LogP contribution in [0, 0.1) is 0 Å². The molecule has 0 unspecified atom stereocenters. The van der Waals surface area contributed by atoms with Crippen molar-refractivity contribution < 1.29 is 14.2 Å². The third kappa shape index (κ3) is 6.66. The van der Waals surface area contributed by atoms with Gasteiger partial charge in [-0.05, 0) is 51.6 Å². The number of rotatable bonds is 8. The molecule has 1 aromatic carbocycles. The average Bonchev–Trinajstić information content (AvgIpc) is 2.70. The lowest BCUT2D eigenvalue weighted by Crippen LogP contribution is -2.57. The normalized spacial score (nSPS) is 16.3. The van der Waals surface area contributed by atoms with E-state index in [1.807, 2.05) is 18.2 Å². The smallest absolute Gasteiger partial charge is 0.191 e. The minimum atomic E-state index is 0. The number of hydrogen-bond donors (Lipinski definition) is 2. The fraction of sp³-hybridized carbons (Fsp3) is 0.650. The summed E-state index contributed by atoms with van der Waals surface area (Å²) in [6, 6.07) is 5.88. The maximum Gasteiger partial charge on any atom is 0.191 e. The molecule has 2 rings (SSSR count). The number of aliphatic imine (C=N–C) groups is 1. The summed E-state index contributed by atoms with van der Waals surface area (Å²) in [6.07, 6.45) is 2.03. The van der Waals surface area contributed by atoms with Gasteiger partial charge in [0.25, 0.3) is 0 Å². The van der Waals surface area contributed by atoms with Crippen molar-refractivity contribution in [2.24, 2.45) is 4.99 Å². The maximum absolute atomic E-state index is 5.55. The van der Waals surface area contributed by atoms with E-state index in [0.717, 1.165) is 62.2 Å². The lowest BCUT2D eigenvalue weighted by atomic mass is 9.88. The molecule has 0 amide bonds. The number of halogens is 1. The molecule has 1 aliphatic rings. The summed E-state index contributed by atoms with van der Waals surface area (Å²) in [5.74, 6) is 2.26. The van der Waals surface area contributed by atoms with E-state index in [1.54, 1.807) is 14.2 Å². The van der Waals surface area contributed by atoms with Gasteiger partial charge in [0, 0.05) is 31.8 Å². The Balaban J connectivity index is 0.00000392. The lowest BCUT2D eigenvalue weighted by molar-refractivity contribution is -0.00501. The van der Waals surface area contributed by atoms with Gasteiger partial charge in [-0.15, -0.1) is 24.0 Å². The Kier molecular flexibility index (Phi) is 10.9. The predicted octanol–water partition coefficient (Wildman–Crippen LogP) is 2.49. The van der Waals surface area contributed by atoms with Gasteiger partial charge in [0.1, 0.15) is 0 Å². The van der Waals surface area contributed by atoms with Gasteiger partial charge in [-0.3, -0.25) is 0 Å². The minimum absolute atomic E-state index is 0. The first kappa shape index (κ1) is 24.8. The zero-order valence-electron chi connectivity index (χ0n) is 17.7. The number of guanidine groups is 1. The molecule has 0 bridgehead atoms. The zero-order valence-corrected chi connectivity index (χ0v) is 20.0. The number of likely N-dealkylation sites (N-methyl/N-ethyl adjacent to an activating group) is 1. The van der Waals surface area contributed by atoms with Crippen LogP contribution in [-0.2, 0) is 11.3 Å². The van der Waals surface area contributed by atoms with Crippen LogP contribution in [0.3, 0.4) is 0 Å². The largest absolute Gasteiger partial charge is 0.493 e. The molecule has 160 valence electrons. The Morgan fingerprint density at radius 2 is 1.82 bits per heavy atom. The third-order valence-corrected chi connectivity index (χ3v) is 5.17. The minimum Gasteiger partial charge on any atom is -0.493 e. The van der Waals surface area contributed by atoms with Gasteiger partial charge in [0.15, 0.2) is 17.5 Å². The molecular weight excluding hydrogens is 471 g/mol. The van der Waals surface area contributed by atoms with Crippen molar-refractivity contribution in [3.8, 4) is 11.5 Å². The van der Waals surface area contributed by atoms with E-state index in [0.29, 0.717) is 6.54 Å². The Labute approximate surface area is 186 Å². The molecule has 0 saturated carbocycles. The van der Waals surface area contributed by atoms with Crippen LogP contribution in [0.25, 0.3) is 0 Å². The van der Waals surface area contributed by atoms with Crippen LogP contribution < -0.4 is 20.1 Å². The summed E-state index contributed by atoms with van der Waals surface area (Å²) < 4.78 is 16.2. The molecule has 0 aromatic heterocycles. The van der Waals surface area contributed by atoms with E-state index in [4.69, 9.17) is 19.2 Å². The molecule has 1 aliphatic heterocycles. The number of methoxy groups -OCH3 is 2. The van der Waals surface area contributed by atoms with Crippen molar-refractivity contribution in [1.82, 2.24) is 15.5 Å². The van der Waals surface area contributed by atoms with Crippen molar-refractivity contribution in [3.63, 3.8) is 0 Å². The highest BCUT2D eigenvalue weighted by Gasteiger charge is 2.34. The maximum atomic E-state index is 5.55. The highest BCUT2D eigenvalue weighted by molar-refractivity contribution is 14.0. The van der Waals surface area contributed by atoms with Gasteiger partial charge in [0.2, 0.25) is 0 Å². The molecule has 0 radical (unpaired) electrons. The fourth-order valence-electron chi connectivity index (χ4n) is 3.27. The van der Waals surface area contributed by atoms with Crippen molar-refractivity contribution in [2.75, 3.05) is 54.6 Å². The van der Waals surface area contributed by atoms with Crippen LogP contribution >= 0.6 is 24.0 Å². The first-order valence-corrected chi connectivity index (χ1v) is 9.53. The molecule has 0 aliphatic carbocycles. The number of benzene rings is 1. The topological polar surface area (TPSA) is 67.4 Å². The second-order valence-corrected chi connectivity index (χ2v) is 6.97. The second-order valence-electron chi connectivity index (χ2n) is 6.97. The van der Waals surface area contributed by atoms with Crippen molar-refractivity contribution in [1.29, 1.82) is 0 Å². The summed E-state index contributed by atoms with van der Waals surface area (Å²) in [4.78, 5) is 7.04. The first-order chi connectivity index (χ1) is 13.0. The molecule has 0 spiro atoms. The van der Waals surface area contributed by atoms with Gasteiger partial charge in [0.05, 0.1) is 20.8 Å². The van der Waals surface area contributed by atoms with E-state index < -0.39 is 0 Å². The highest BCUT2D eigenvalue weighted by Crippen LogP contribution is 2.28. The Bertz CT molecular complexity index is 619. The van der Waals surface area contributed by atoms with E-state index in [1.165, 1.54) is 0 Å². The molecule has 0 atom stereocenters. The van der Waals surface area contributed by atoms with Crippen LogP contribution in [-0.4, -0.2) is 71.0 Å².